The summed E-state index contributed by atoms with van der Waals surface area (Å²) >= 11 is 0. The fourth-order valence-electron chi connectivity index (χ4n) is 3.77. The number of primary sulfonamides is 1. The number of nitrogens with two attached hydrogens (primary N) is 1. The lowest BCUT2D eigenvalue weighted by Gasteiger charge is -2.12. The Morgan fingerprint density at radius 3 is 2.34 bits per heavy atom. The predicted octanol–water partition coefficient (Wildman–Crippen LogP) is 3.54. The Morgan fingerprint density at radius 1 is 0.943 bits per heavy atom. The van der Waals surface area contributed by atoms with Crippen molar-refractivity contribution < 1.29 is 22.7 Å². The number of methoxy groups -OCH3 is 2. The Kier molecular flexibility index (Phi) is 6.99. The highest BCUT2D eigenvalue weighted by Gasteiger charge is 2.15. The molecule has 180 valence electrons. The Labute approximate surface area is 203 Å². The van der Waals surface area contributed by atoms with Crippen LogP contribution in [0.1, 0.15) is 15.9 Å². The molecule has 0 aliphatic rings. The van der Waals surface area contributed by atoms with Crippen molar-refractivity contribution in [2.45, 2.75) is 11.3 Å². The molecule has 0 unspecified atom stereocenters. The highest BCUT2D eigenvalue weighted by molar-refractivity contribution is 7.89. The topological polar surface area (TPSA) is 121 Å². The highest BCUT2D eigenvalue weighted by Crippen LogP contribution is 2.33. The zero-order valence-corrected chi connectivity index (χ0v) is 20.1. The Hall–Kier alpha value is -3.95. The molecule has 0 saturated carbocycles. The molecule has 1 amide bonds. The summed E-state index contributed by atoms with van der Waals surface area (Å²) in [6.07, 6.45) is 0.530. The molecule has 4 rings (SSSR count). The largest absolute Gasteiger partial charge is 0.493 e. The van der Waals surface area contributed by atoms with Gasteiger partial charge in [-0.3, -0.25) is 4.79 Å². The third kappa shape index (κ3) is 5.42. The van der Waals surface area contributed by atoms with Crippen molar-refractivity contribution in [1.82, 2.24) is 10.3 Å². The number of ether oxygens (including phenoxy) is 2. The minimum Gasteiger partial charge on any atom is -0.493 e. The van der Waals surface area contributed by atoms with Crippen LogP contribution < -0.4 is 19.9 Å². The number of sulfonamides is 1. The van der Waals surface area contributed by atoms with Crippen LogP contribution in [0, 0.1) is 0 Å². The lowest BCUT2D eigenvalue weighted by Crippen LogP contribution is -2.26. The molecule has 0 atom stereocenters. The van der Waals surface area contributed by atoms with Crippen molar-refractivity contribution in [1.29, 1.82) is 0 Å². The van der Waals surface area contributed by atoms with E-state index in [-0.39, 0.29) is 10.8 Å². The van der Waals surface area contributed by atoms with Crippen LogP contribution in [0.25, 0.3) is 22.2 Å². The number of aromatic nitrogens is 1. The molecule has 0 radical (unpaired) electrons. The number of rotatable bonds is 8. The quantitative estimate of drug-likeness (QED) is 0.389. The molecule has 0 aliphatic carbocycles. The molecule has 3 N–H and O–H groups in total. The second-order valence-electron chi connectivity index (χ2n) is 7.84. The van der Waals surface area contributed by atoms with Crippen molar-refractivity contribution in [3.8, 4) is 22.8 Å². The zero-order chi connectivity index (χ0) is 25.0. The summed E-state index contributed by atoms with van der Waals surface area (Å²) in [4.78, 5) is 18.0. The van der Waals surface area contributed by atoms with Crippen molar-refractivity contribution in [2.24, 2.45) is 5.14 Å². The van der Waals surface area contributed by atoms with Crippen LogP contribution in [0.2, 0.25) is 0 Å². The normalized spacial score (nSPS) is 11.3. The summed E-state index contributed by atoms with van der Waals surface area (Å²) in [5, 5.41) is 8.83. The maximum Gasteiger partial charge on any atom is 0.252 e. The van der Waals surface area contributed by atoms with E-state index in [0.29, 0.717) is 41.2 Å². The van der Waals surface area contributed by atoms with E-state index in [9.17, 15) is 13.2 Å². The number of hydrogen-bond donors (Lipinski definition) is 2. The summed E-state index contributed by atoms with van der Waals surface area (Å²) in [5.74, 6) is 0.943. The lowest BCUT2D eigenvalue weighted by atomic mass is 10.0. The predicted molar refractivity (Wildman–Crippen MR) is 134 cm³/mol. The minimum absolute atomic E-state index is 0.0521. The SMILES string of the molecule is COc1ccc(-c2cc(C(=O)NCCc3ccc(S(N)(=O)=O)cc3)c3ccccc3n2)cc1OC. The van der Waals surface area contributed by atoms with Gasteiger partial charge >= 0.3 is 0 Å². The third-order valence-electron chi connectivity index (χ3n) is 5.59. The molecule has 9 heteroatoms. The van der Waals surface area contributed by atoms with Crippen LogP contribution in [0.5, 0.6) is 11.5 Å². The average molecular weight is 492 g/mol. The van der Waals surface area contributed by atoms with Crippen molar-refractivity contribution >= 4 is 26.8 Å². The third-order valence-corrected chi connectivity index (χ3v) is 6.52. The number of carbonyl (C=O) groups is 1. The molecular weight excluding hydrogens is 466 g/mol. The lowest BCUT2D eigenvalue weighted by molar-refractivity contribution is 0.0955. The van der Waals surface area contributed by atoms with Gasteiger partial charge in [-0.1, -0.05) is 30.3 Å². The van der Waals surface area contributed by atoms with Gasteiger partial charge in [0.15, 0.2) is 11.5 Å². The fraction of sp³-hybridized carbons (Fsp3) is 0.154. The van der Waals surface area contributed by atoms with Crippen LogP contribution in [-0.4, -0.2) is 40.1 Å². The monoisotopic (exact) mass is 491 g/mol. The minimum atomic E-state index is -3.74. The number of amides is 1. The molecular formula is C26H25N3O5S. The molecule has 0 spiro atoms. The number of nitrogens with zero attached hydrogens (tertiary/aromatic N) is 1. The first-order valence-electron chi connectivity index (χ1n) is 10.8. The Morgan fingerprint density at radius 2 is 1.66 bits per heavy atom. The second-order valence-corrected chi connectivity index (χ2v) is 9.40. The maximum atomic E-state index is 13.2. The molecule has 0 bridgehead atoms. The van der Waals surface area contributed by atoms with Gasteiger partial charge in [0, 0.05) is 17.5 Å². The molecule has 0 fully saturated rings. The molecule has 4 aromatic rings. The number of pyridine rings is 1. The first kappa shape index (κ1) is 24.2. The maximum absolute atomic E-state index is 13.2. The van der Waals surface area contributed by atoms with Gasteiger partial charge in [-0.05, 0) is 54.4 Å². The summed E-state index contributed by atoms with van der Waals surface area (Å²) in [7, 11) is -0.598. The van der Waals surface area contributed by atoms with Crippen molar-refractivity contribution in [3.63, 3.8) is 0 Å². The van der Waals surface area contributed by atoms with Crippen molar-refractivity contribution in [2.75, 3.05) is 20.8 Å². The molecule has 35 heavy (non-hydrogen) atoms. The van der Waals surface area contributed by atoms with E-state index in [1.807, 2.05) is 36.4 Å². The number of nitrogens with one attached hydrogen (secondary N) is 1. The van der Waals surface area contributed by atoms with Crippen LogP contribution in [0.4, 0.5) is 0 Å². The molecule has 8 nitrogen and oxygen atoms in total. The number of para-hydroxylation sites is 1. The average Bonchev–Trinajstić information content (AvgIpc) is 2.87. The first-order valence-corrected chi connectivity index (χ1v) is 12.4. The van der Waals surface area contributed by atoms with E-state index in [4.69, 9.17) is 19.6 Å². The van der Waals surface area contributed by atoms with Gasteiger partial charge in [0.1, 0.15) is 0 Å². The number of hydrogen-bond acceptors (Lipinski definition) is 6. The van der Waals surface area contributed by atoms with E-state index >= 15 is 0 Å². The number of fused-ring (bicyclic) bond motifs is 1. The van der Waals surface area contributed by atoms with E-state index < -0.39 is 10.0 Å². The van der Waals surface area contributed by atoms with Crippen LogP contribution in [0.3, 0.4) is 0 Å². The van der Waals surface area contributed by atoms with Gasteiger partial charge in [0.2, 0.25) is 10.0 Å². The molecule has 0 saturated heterocycles. The van der Waals surface area contributed by atoms with Crippen LogP contribution >= 0.6 is 0 Å². The summed E-state index contributed by atoms with van der Waals surface area (Å²) in [6.45, 7) is 0.371. The zero-order valence-electron chi connectivity index (χ0n) is 19.3. The Bertz CT molecular complexity index is 1490. The van der Waals surface area contributed by atoms with Gasteiger partial charge in [-0.15, -0.1) is 0 Å². The molecule has 1 aromatic heterocycles. The van der Waals surface area contributed by atoms with Gasteiger partial charge in [-0.25, -0.2) is 18.5 Å². The fourth-order valence-corrected chi connectivity index (χ4v) is 4.28. The molecule has 3 aromatic carbocycles. The highest BCUT2D eigenvalue weighted by atomic mass is 32.2. The number of carbonyl (C=O) groups excluding carboxylic acids is 1. The van der Waals surface area contributed by atoms with Gasteiger partial charge in [-0.2, -0.15) is 0 Å². The van der Waals surface area contributed by atoms with Crippen LogP contribution in [0.15, 0.2) is 77.7 Å². The Balaban J connectivity index is 1.58. The second kappa shape index (κ2) is 10.1. The van der Waals surface area contributed by atoms with E-state index in [0.717, 1.165) is 16.5 Å². The smallest absolute Gasteiger partial charge is 0.252 e. The van der Waals surface area contributed by atoms with E-state index in [1.54, 1.807) is 38.5 Å². The van der Waals surface area contributed by atoms with E-state index in [2.05, 4.69) is 5.32 Å². The van der Waals surface area contributed by atoms with E-state index in [1.165, 1.54) is 12.1 Å². The van der Waals surface area contributed by atoms with Gasteiger partial charge < -0.3 is 14.8 Å². The summed E-state index contributed by atoms with van der Waals surface area (Å²) < 4.78 is 33.6. The van der Waals surface area contributed by atoms with Gasteiger partial charge in [0.05, 0.1) is 35.9 Å². The molecule has 0 aliphatic heterocycles. The first-order chi connectivity index (χ1) is 16.8. The van der Waals surface area contributed by atoms with Crippen LogP contribution in [-0.2, 0) is 16.4 Å². The standard InChI is InChI=1S/C26H25N3O5S/c1-33-24-12-9-18(15-25(24)34-2)23-16-21(20-5-3-4-6-22(20)29-23)26(30)28-14-13-17-7-10-19(11-8-17)35(27,31)32/h3-12,15-16H,13-14H2,1-2H3,(H,28,30)(H2,27,31,32). The van der Waals surface area contributed by atoms with Gasteiger partial charge in [0.25, 0.3) is 5.91 Å². The molecule has 1 heterocycles. The summed E-state index contributed by atoms with van der Waals surface area (Å²) in [6, 6.07) is 21.0. The summed E-state index contributed by atoms with van der Waals surface area (Å²) in [5.41, 5.74) is 3.50. The number of benzene rings is 3. The van der Waals surface area contributed by atoms with Crippen molar-refractivity contribution in [3.05, 3.63) is 83.9 Å².